The molecule has 2 aromatic rings. The Morgan fingerprint density at radius 2 is 1.88 bits per heavy atom. The molecule has 1 fully saturated rings. The van der Waals surface area contributed by atoms with Crippen LogP contribution in [-0.4, -0.2) is 62.7 Å². The quantitative estimate of drug-likeness (QED) is 0.857. The summed E-state index contributed by atoms with van der Waals surface area (Å²) in [6.45, 7) is 3.00. The minimum absolute atomic E-state index is 0.0193. The largest absolute Gasteiger partial charge is 0.478 e. The van der Waals surface area contributed by atoms with Crippen LogP contribution in [0.15, 0.2) is 24.4 Å². The van der Waals surface area contributed by atoms with Gasteiger partial charge in [0.2, 0.25) is 0 Å². The minimum Gasteiger partial charge on any atom is -0.478 e. The van der Waals surface area contributed by atoms with Gasteiger partial charge in [-0.2, -0.15) is 5.10 Å². The highest BCUT2D eigenvalue weighted by molar-refractivity contribution is 6.35. The summed E-state index contributed by atoms with van der Waals surface area (Å²) in [4.78, 5) is 27.7. The molecular weight excluding hydrogens is 379 g/mol. The molecule has 1 N–H and O–H groups in total. The van der Waals surface area contributed by atoms with E-state index in [0.717, 1.165) is 5.56 Å². The molecule has 1 aliphatic rings. The summed E-state index contributed by atoms with van der Waals surface area (Å²) in [5.74, 6) is -1.51. The van der Waals surface area contributed by atoms with Crippen molar-refractivity contribution >= 4 is 35.1 Å². The van der Waals surface area contributed by atoms with Gasteiger partial charge in [0.05, 0.1) is 0 Å². The van der Waals surface area contributed by atoms with Gasteiger partial charge in [-0.3, -0.25) is 14.4 Å². The molecule has 1 saturated heterocycles. The molecule has 3 rings (SSSR count). The van der Waals surface area contributed by atoms with Crippen LogP contribution in [0.2, 0.25) is 10.0 Å². The van der Waals surface area contributed by atoms with Crippen molar-refractivity contribution in [1.82, 2.24) is 19.6 Å². The van der Waals surface area contributed by atoms with E-state index in [1.807, 2.05) is 6.07 Å². The number of halogens is 2. The third kappa shape index (κ3) is 4.00. The second-order valence-electron chi connectivity index (χ2n) is 6.17. The monoisotopic (exact) mass is 396 g/mol. The number of nitrogens with zero attached hydrogens (tertiary/aromatic N) is 4. The van der Waals surface area contributed by atoms with Crippen LogP contribution in [-0.2, 0) is 13.6 Å². The van der Waals surface area contributed by atoms with E-state index in [2.05, 4.69) is 10.00 Å². The fraction of sp³-hybridized carbons (Fsp3) is 0.353. The van der Waals surface area contributed by atoms with Crippen LogP contribution in [0.25, 0.3) is 0 Å². The van der Waals surface area contributed by atoms with E-state index in [4.69, 9.17) is 23.2 Å². The Morgan fingerprint density at radius 3 is 2.50 bits per heavy atom. The van der Waals surface area contributed by atoms with Gasteiger partial charge in [0.25, 0.3) is 5.91 Å². The van der Waals surface area contributed by atoms with Crippen molar-refractivity contribution < 1.29 is 14.7 Å². The molecule has 0 spiro atoms. The zero-order valence-electron chi connectivity index (χ0n) is 14.2. The molecule has 0 radical (unpaired) electrons. The summed E-state index contributed by atoms with van der Waals surface area (Å²) in [5, 5.41) is 14.5. The maximum Gasteiger partial charge on any atom is 0.339 e. The van der Waals surface area contributed by atoms with Crippen molar-refractivity contribution in [3.05, 3.63) is 51.3 Å². The van der Waals surface area contributed by atoms with Crippen molar-refractivity contribution in [2.75, 3.05) is 26.2 Å². The molecule has 0 saturated carbocycles. The number of hydrogen-bond donors (Lipinski definition) is 1. The lowest BCUT2D eigenvalue weighted by molar-refractivity contribution is 0.0604. The van der Waals surface area contributed by atoms with Crippen LogP contribution in [0.4, 0.5) is 0 Å². The molecule has 0 unspecified atom stereocenters. The Hall–Kier alpha value is -2.09. The van der Waals surface area contributed by atoms with Gasteiger partial charge in [0.1, 0.15) is 5.56 Å². The Labute approximate surface area is 160 Å². The maximum atomic E-state index is 12.6. The molecule has 26 heavy (non-hydrogen) atoms. The van der Waals surface area contributed by atoms with E-state index in [1.165, 1.54) is 10.9 Å². The first kappa shape index (κ1) is 18.7. The Morgan fingerprint density at radius 1 is 1.19 bits per heavy atom. The first-order valence-corrected chi connectivity index (χ1v) is 8.83. The highest BCUT2D eigenvalue weighted by Crippen LogP contribution is 2.23. The van der Waals surface area contributed by atoms with Crippen LogP contribution >= 0.6 is 23.2 Å². The lowest BCUT2D eigenvalue weighted by atomic mass is 10.1. The summed E-state index contributed by atoms with van der Waals surface area (Å²) < 4.78 is 1.34. The van der Waals surface area contributed by atoms with Crippen LogP contribution in [0.3, 0.4) is 0 Å². The molecule has 7 nitrogen and oxygen atoms in total. The number of carbonyl (C=O) groups is 2. The van der Waals surface area contributed by atoms with Gasteiger partial charge < -0.3 is 10.0 Å². The normalized spacial score (nSPS) is 15.3. The van der Waals surface area contributed by atoms with Crippen molar-refractivity contribution in [2.24, 2.45) is 7.05 Å². The molecule has 0 aliphatic carbocycles. The number of rotatable bonds is 4. The van der Waals surface area contributed by atoms with Gasteiger partial charge in [-0.25, -0.2) is 4.79 Å². The fourth-order valence-corrected chi connectivity index (χ4v) is 3.42. The number of hydrogen-bond acceptors (Lipinski definition) is 4. The van der Waals surface area contributed by atoms with Crippen molar-refractivity contribution in [3.8, 4) is 0 Å². The number of aryl methyl sites for hydroxylation is 1. The zero-order valence-corrected chi connectivity index (χ0v) is 15.7. The van der Waals surface area contributed by atoms with Crippen LogP contribution in [0.5, 0.6) is 0 Å². The molecule has 9 heteroatoms. The predicted molar refractivity (Wildman–Crippen MR) is 97.8 cm³/mol. The van der Waals surface area contributed by atoms with Crippen molar-refractivity contribution in [1.29, 1.82) is 0 Å². The second kappa shape index (κ2) is 7.65. The summed E-state index contributed by atoms with van der Waals surface area (Å²) in [6.07, 6.45) is 1.34. The van der Waals surface area contributed by atoms with E-state index in [0.29, 0.717) is 42.8 Å². The first-order chi connectivity index (χ1) is 12.3. The number of aromatic carboxylic acids is 1. The summed E-state index contributed by atoms with van der Waals surface area (Å²) in [5.41, 5.74) is 0.885. The van der Waals surface area contributed by atoms with Crippen LogP contribution < -0.4 is 0 Å². The standard InChI is InChI=1S/C17H18Cl2N4O3/c1-21-10-13(17(25)26)15(20-21)16(24)23-6-4-22(5-7-23)9-11-2-3-12(18)8-14(11)19/h2-3,8,10H,4-7,9H2,1H3,(H,25,26). The number of carboxylic acids is 1. The van der Waals surface area contributed by atoms with E-state index < -0.39 is 5.97 Å². The van der Waals surface area contributed by atoms with Crippen molar-refractivity contribution in [2.45, 2.75) is 6.54 Å². The summed E-state index contributed by atoms with van der Waals surface area (Å²) in [6, 6.07) is 5.42. The molecule has 1 aromatic carbocycles. The van der Waals surface area contributed by atoms with Gasteiger partial charge in [-0.15, -0.1) is 0 Å². The smallest absolute Gasteiger partial charge is 0.339 e. The SMILES string of the molecule is Cn1cc(C(=O)O)c(C(=O)N2CCN(Cc3ccc(Cl)cc3Cl)CC2)n1. The predicted octanol–water partition coefficient (Wildman–Crippen LogP) is 2.38. The summed E-state index contributed by atoms with van der Waals surface area (Å²) >= 11 is 12.1. The van der Waals surface area contributed by atoms with Gasteiger partial charge >= 0.3 is 5.97 Å². The van der Waals surface area contributed by atoms with Crippen molar-refractivity contribution in [3.63, 3.8) is 0 Å². The highest BCUT2D eigenvalue weighted by Gasteiger charge is 2.28. The molecule has 138 valence electrons. The van der Waals surface area contributed by atoms with E-state index in [9.17, 15) is 14.7 Å². The number of carboxylic acid groups (broad SMARTS) is 1. The molecule has 1 amide bonds. The average molecular weight is 397 g/mol. The van der Waals surface area contributed by atoms with Crippen LogP contribution in [0.1, 0.15) is 26.4 Å². The molecular formula is C17H18Cl2N4O3. The lowest BCUT2D eigenvalue weighted by Crippen LogP contribution is -2.48. The highest BCUT2D eigenvalue weighted by atomic mass is 35.5. The Bertz CT molecular complexity index is 845. The average Bonchev–Trinajstić information content (AvgIpc) is 2.99. The topological polar surface area (TPSA) is 78.7 Å². The van der Waals surface area contributed by atoms with E-state index >= 15 is 0 Å². The number of aromatic nitrogens is 2. The van der Waals surface area contributed by atoms with Gasteiger partial charge in [-0.1, -0.05) is 29.3 Å². The number of benzene rings is 1. The zero-order chi connectivity index (χ0) is 18.8. The Kier molecular flexibility index (Phi) is 5.50. The first-order valence-electron chi connectivity index (χ1n) is 8.07. The molecule has 0 bridgehead atoms. The second-order valence-corrected chi connectivity index (χ2v) is 7.02. The number of piperazine rings is 1. The minimum atomic E-state index is -1.16. The molecule has 1 aromatic heterocycles. The third-order valence-corrected chi connectivity index (χ3v) is 4.92. The number of carbonyl (C=O) groups excluding carboxylic acids is 1. The van der Waals surface area contributed by atoms with Crippen LogP contribution in [0, 0.1) is 0 Å². The number of amides is 1. The van der Waals surface area contributed by atoms with Gasteiger partial charge in [0, 0.05) is 56.0 Å². The molecule has 1 aliphatic heterocycles. The van der Waals surface area contributed by atoms with Gasteiger partial charge in [-0.05, 0) is 17.7 Å². The van der Waals surface area contributed by atoms with E-state index in [1.54, 1.807) is 24.1 Å². The Balaban J connectivity index is 1.63. The third-order valence-electron chi connectivity index (χ3n) is 4.33. The van der Waals surface area contributed by atoms with Gasteiger partial charge in [0.15, 0.2) is 5.69 Å². The lowest BCUT2D eigenvalue weighted by Gasteiger charge is -2.34. The molecule has 2 heterocycles. The molecule has 0 atom stereocenters. The maximum absolute atomic E-state index is 12.6. The fourth-order valence-electron chi connectivity index (χ4n) is 2.95. The van der Waals surface area contributed by atoms with E-state index in [-0.39, 0.29) is 17.2 Å². The summed E-state index contributed by atoms with van der Waals surface area (Å²) in [7, 11) is 1.59.